The van der Waals surface area contributed by atoms with Gasteiger partial charge in [-0.2, -0.15) is 0 Å². The van der Waals surface area contributed by atoms with Crippen LogP contribution in [0.5, 0.6) is 11.5 Å². The van der Waals surface area contributed by atoms with Crippen LogP contribution in [0.3, 0.4) is 0 Å². The third-order valence-corrected chi connectivity index (χ3v) is 2.88. The molecule has 0 saturated heterocycles. The molecule has 1 aromatic carbocycles. The summed E-state index contributed by atoms with van der Waals surface area (Å²) in [5, 5.41) is 0. The molecule has 0 bridgehead atoms. The molecule has 1 aromatic rings. The molecule has 4 heteroatoms. The van der Waals surface area contributed by atoms with Crippen LogP contribution in [0.1, 0.15) is 33.1 Å². The van der Waals surface area contributed by atoms with E-state index in [1.165, 1.54) is 12.8 Å². The molecule has 0 heterocycles. The van der Waals surface area contributed by atoms with Gasteiger partial charge in [-0.3, -0.25) is 0 Å². The summed E-state index contributed by atoms with van der Waals surface area (Å²) in [5.41, 5.74) is 0. The summed E-state index contributed by atoms with van der Waals surface area (Å²) in [4.78, 5) is 0. The second kappa shape index (κ2) is 10.5. The molecular weight excluding hydrogens is 256 g/mol. The molecule has 0 radical (unpaired) electrons. The van der Waals surface area contributed by atoms with Crippen LogP contribution >= 0.6 is 0 Å². The van der Waals surface area contributed by atoms with Crippen LogP contribution in [-0.2, 0) is 9.47 Å². The van der Waals surface area contributed by atoms with Crippen molar-refractivity contribution in [2.75, 3.05) is 26.9 Å². The Hall–Kier alpha value is -1.26. The van der Waals surface area contributed by atoms with E-state index in [2.05, 4.69) is 6.92 Å². The summed E-state index contributed by atoms with van der Waals surface area (Å²) in [6.07, 6.45) is 3.32. The number of benzene rings is 1. The standard InChI is InChI=1S/C16H26O4/c1-4-5-6-11-19-15-7-9-16(10-8-15)20-13-12-18-14(2)17-3/h7-10,14H,4-6,11-13H2,1-3H3. The zero-order valence-electron chi connectivity index (χ0n) is 12.8. The van der Waals surface area contributed by atoms with Crippen molar-refractivity contribution < 1.29 is 18.9 Å². The quantitative estimate of drug-likeness (QED) is 0.458. The van der Waals surface area contributed by atoms with E-state index in [0.29, 0.717) is 13.2 Å². The molecule has 0 spiro atoms. The van der Waals surface area contributed by atoms with E-state index in [4.69, 9.17) is 18.9 Å². The molecule has 0 aliphatic heterocycles. The summed E-state index contributed by atoms with van der Waals surface area (Å²) in [5.74, 6) is 1.71. The Balaban J connectivity index is 2.18. The highest BCUT2D eigenvalue weighted by molar-refractivity contribution is 5.31. The lowest BCUT2D eigenvalue weighted by atomic mass is 10.3. The van der Waals surface area contributed by atoms with Crippen molar-refractivity contribution in [2.24, 2.45) is 0 Å². The maximum atomic E-state index is 5.64. The lowest BCUT2D eigenvalue weighted by molar-refractivity contribution is -0.115. The number of unbranched alkanes of at least 4 members (excludes halogenated alkanes) is 2. The summed E-state index contributed by atoms with van der Waals surface area (Å²) >= 11 is 0. The van der Waals surface area contributed by atoms with Crippen molar-refractivity contribution >= 4 is 0 Å². The Bertz CT molecular complexity index is 337. The van der Waals surface area contributed by atoms with E-state index in [9.17, 15) is 0 Å². The first-order valence-corrected chi connectivity index (χ1v) is 7.26. The van der Waals surface area contributed by atoms with E-state index in [1.807, 2.05) is 31.2 Å². The summed E-state index contributed by atoms with van der Waals surface area (Å²) < 4.78 is 21.5. The third kappa shape index (κ3) is 7.36. The van der Waals surface area contributed by atoms with Crippen LogP contribution in [0.25, 0.3) is 0 Å². The molecule has 4 nitrogen and oxygen atoms in total. The lowest BCUT2D eigenvalue weighted by Gasteiger charge is -2.12. The van der Waals surface area contributed by atoms with Gasteiger partial charge in [0.1, 0.15) is 18.1 Å². The average Bonchev–Trinajstić information content (AvgIpc) is 2.49. The number of hydrogen-bond acceptors (Lipinski definition) is 4. The van der Waals surface area contributed by atoms with Crippen LogP contribution in [0.2, 0.25) is 0 Å². The highest BCUT2D eigenvalue weighted by Gasteiger charge is 1.99. The van der Waals surface area contributed by atoms with E-state index >= 15 is 0 Å². The van der Waals surface area contributed by atoms with Gasteiger partial charge in [0.2, 0.25) is 0 Å². The molecule has 0 saturated carbocycles. The molecule has 0 fully saturated rings. The minimum atomic E-state index is -0.197. The number of methoxy groups -OCH3 is 1. The van der Waals surface area contributed by atoms with Gasteiger partial charge in [-0.1, -0.05) is 19.8 Å². The molecule has 1 atom stereocenters. The fourth-order valence-corrected chi connectivity index (χ4v) is 1.62. The van der Waals surface area contributed by atoms with Crippen molar-refractivity contribution in [3.05, 3.63) is 24.3 Å². The summed E-state index contributed by atoms with van der Waals surface area (Å²) in [7, 11) is 1.62. The fraction of sp³-hybridized carbons (Fsp3) is 0.625. The second-order valence-electron chi connectivity index (χ2n) is 4.55. The van der Waals surface area contributed by atoms with Gasteiger partial charge >= 0.3 is 0 Å². The second-order valence-corrected chi connectivity index (χ2v) is 4.55. The zero-order chi connectivity index (χ0) is 14.6. The van der Waals surface area contributed by atoms with Crippen molar-refractivity contribution in [1.29, 1.82) is 0 Å². The maximum absolute atomic E-state index is 5.64. The zero-order valence-corrected chi connectivity index (χ0v) is 12.8. The normalized spacial score (nSPS) is 12.2. The van der Waals surface area contributed by atoms with Gasteiger partial charge in [0, 0.05) is 7.11 Å². The molecule has 0 aliphatic carbocycles. The van der Waals surface area contributed by atoms with Gasteiger partial charge < -0.3 is 18.9 Å². The first-order chi connectivity index (χ1) is 9.76. The van der Waals surface area contributed by atoms with Crippen LogP contribution in [0, 0.1) is 0 Å². The van der Waals surface area contributed by atoms with Crippen molar-refractivity contribution in [1.82, 2.24) is 0 Å². The maximum Gasteiger partial charge on any atom is 0.154 e. The van der Waals surface area contributed by atoms with Gasteiger partial charge in [0.25, 0.3) is 0 Å². The average molecular weight is 282 g/mol. The van der Waals surface area contributed by atoms with Crippen molar-refractivity contribution in [2.45, 2.75) is 39.4 Å². The SMILES string of the molecule is CCCCCOc1ccc(OCCOC(C)OC)cc1. The number of ether oxygens (including phenoxy) is 4. The van der Waals surface area contributed by atoms with E-state index in [-0.39, 0.29) is 6.29 Å². The Morgan fingerprint density at radius 2 is 1.50 bits per heavy atom. The minimum Gasteiger partial charge on any atom is -0.494 e. The molecule has 1 rings (SSSR count). The number of rotatable bonds is 11. The molecule has 0 aromatic heterocycles. The van der Waals surface area contributed by atoms with Gasteiger partial charge in [-0.15, -0.1) is 0 Å². The fourth-order valence-electron chi connectivity index (χ4n) is 1.62. The van der Waals surface area contributed by atoms with Gasteiger partial charge in [-0.25, -0.2) is 0 Å². The Morgan fingerprint density at radius 1 is 0.900 bits per heavy atom. The third-order valence-electron chi connectivity index (χ3n) is 2.88. The first kappa shape index (κ1) is 16.8. The predicted molar refractivity (Wildman–Crippen MR) is 79.4 cm³/mol. The van der Waals surface area contributed by atoms with Crippen LogP contribution in [0.4, 0.5) is 0 Å². The molecular formula is C16H26O4. The lowest BCUT2D eigenvalue weighted by Crippen LogP contribution is -2.15. The van der Waals surface area contributed by atoms with Crippen LogP contribution in [0.15, 0.2) is 24.3 Å². The van der Waals surface area contributed by atoms with Crippen LogP contribution < -0.4 is 9.47 Å². The van der Waals surface area contributed by atoms with E-state index in [1.54, 1.807) is 7.11 Å². The molecule has 0 aliphatic rings. The molecule has 114 valence electrons. The summed E-state index contributed by atoms with van der Waals surface area (Å²) in [6, 6.07) is 7.68. The molecule has 1 unspecified atom stereocenters. The Labute approximate surface area is 122 Å². The topological polar surface area (TPSA) is 36.9 Å². The molecule has 20 heavy (non-hydrogen) atoms. The molecule has 0 N–H and O–H groups in total. The number of hydrogen-bond donors (Lipinski definition) is 0. The smallest absolute Gasteiger partial charge is 0.154 e. The van der Waals surface area contributed by atoms with Crippen molar-refractivity contribution in [3.8, 4) is 11.5 Å². The van der Waals surface area contributed by atoms with Gasteiger partial charge in [0.15, 0.2) is 6.29 Å². The van der Waals surface area contributed by atoms with Crippen LogP contribution in [-0.4, -0.2) is 33.2 Å². The van der Waals surface area contributed by atoms with Gasteiger partial charge in [0.05, 0.1) is 13.2 Å². The summed E-state index contributed by atoms with van der Waals surface area (Å²) in [6.45, 7) is 5.82. The van der Waals surface area contributed by atoms with E-state index < -0.39 is 0 Å². The first-order valence-electron chi connectivity index (χ1n) is 7.26. The Morgan fingerprint density at radius 3 is 2.05 bits per heavy atom. The highest BCUT2D eigenvalue weighted by Crippen LogP contribution is 2.17. The predicted octanol–water partition coefficient (Wildman–Crippen LogP) is 3.64. The largest absolute Gasteiger partial charge is 0.494 e. The van der Waals surface area contributed by atoms with Crippen molar-refractivity contribution in [3.63, 3.8) is 0 Å². The van der Waals surface area contributed by atoms with E-state index in [0.717, 1.165) is 24.5 Å². The van der Waals surface area contributed by atoms with Gasteiger partial charge in [-0.05, 0) is 37.6 Å². The minimum absolute atomic E-state index is 0.197. The Kier molecular flexibility index (Phi) is 8.83. The molecule has 0 amide bonds. The highest BCUT2D eigenvalue weighted by atomic mass is 16.7. The monoisotopic (exact) mass is 282 g/mol.